The summed E-state index contributed by atoms with van der Waals surface area (Å²) in [5.74, 6) is 0.742. The number of aliphatic hydroxyl groups excluding tert-OH is 1. The Kier molecular flexibility index (Phi) is 5.36. The number of nitrogens with zero attached hydrogens (tertiary/aromatic N) is 1. The Labute approximate surface area is 128 Å². The molecule has 0 radical (unpaired) electrons. The minimum atomic E-state index is -0.345. The molecule has 1 unspecified atom stereocenters. The first kappa shape index (κ1) is 15.5. The Bertz CT molecular complexity index is 566. The van der Waals surface area contributed by atoms with Gasteiger partial charge in [0.15, 0.2) is 0 Å². The topological polar surface area (TPSA) is 49.8 Å². The lowest BCUT2D eigenvalue weighted by atomic mass is 10.1. The second kappa shape index (κ2) is 7.24. The molecule has 0 aliphatic heterocycles. The molecule has 2 rings (SSSR count). The van der Waals surface area contributed by atoms with Gasteiger partial charge in [0, 0.05) is 7.05 Å². The van der Waals surface area contributed by atoms with Crippen LogP contribution in [0.4, 0.5) is 0 Å². The predicted molar refractivity (Wildman–Crippen MR) is 83.6 cm³/mol. The van der Waals surface area contributed by atoms with Crippen LogP contribution in [-0.2, 0) is 11.2 Å². The Balaban J connectivity index is 2.09. The van der Waals surface area contributed by atoms with Crippen LogP contribution in [0, 0.1) is 0 Å². The zero-order chi connectivity index (χ0) is 15.2. The minimum Gasteiger partial charge on any atom is -0.497 e. The van der Waals surface area contributed by atoms with Crippen molar-refractivity contribution in [3.8, 4) is 5.75 Å². The van der Waals surface area contributed by atoms with Gasteiger partial charge in [0.2, 0.25) is 5.91 Å². The molecule has 1 N–H and O–H groups in total. The number of carbonyl (C=O) groups is 1. The number of hydrogen-bond acceptors (Lipinski definition) is 4. The Morgan fingerprint density at radius 3 is 2.57 bits per heavy atom. The van der Waals surface area contributed by atoms with Crippen LogP contribution in [-0.4, -0.2) is 36.7 Å². The molecule has 1 amide bonds. The molecule has 0 saturated carbocycles. The molecule has 0 bridgehead atoms. The number of likely N-dealkylation sites (N-methyl/N-ethyl adjacent to an activating group) is 1. The van der Waals surface area contributed by atoms with Gasteiger partial charge in [0.05, 0.1) is 26.2 Å². The molecule has 5 heteroatoms. The Hall–Kier alpha value is -1.85. The first-order valence-electron chi connectivity index (χ1n) is 6.67. The molecular weight excluding hydrogens is 286 g/mol. The predicted octanol–water partition coefficient (Wildman–Crippen LogP) is 2.49. The highest BCUT2D eigenvalue weighted by atomic mass is 32.1. The van der Waals surface area contributed by atoms with Crippen molar-refractivity contribution >= 4 is 17.2 Å². The summed E-state index contributed by atoms with van der Waals surface area (Å²) in [5.41, 5.74) is 1.89. The molecule has 21 heavy (non-hydrogen) atoms. The third-order valence-electron chi connectivity index (χ3n) is 3.47. The van der Waals surface area contributed by atoms with Crippen LogP contribution in [0.1, 0.15) is 17.2 Å². The fraction of sp³-hybridized carbons (Fsp3) is 0.312. The van der Waals surface area contributed by atoms with Gasteiger partial charge >= 0.3 is 0 Å². The highest BCUT2D eigenvalue weighted by molar-refractivity contribution is 7.07. The van der Waals surface area contributed by atoms with Gasteiger partial charge in [-0.05, 0) is 40.1 Å². The van der Waals surface area contributed by atoms with Crippen LogP contribution in [0.15, 0.2) is 41.1 Å². The van der Waals surface area contributed by atoms with Crippen molar-refractivity contribution in [3.63, 3.8) is 0 Å². The maximum absolute atomic E-state index is 12.3. The zero-order valence-electron chi connectivity index (χ0n) is 12.2. The second-order valence-electron chi connectivity index (χ2n) is 4.78. The van der Waals surface area contributed by atoms with E-state index in [4.69, 9.17) is 4.74 Å². The maximum Gasteiger partial charge on any atom is 0.227 e. The first-order chi connectivity index (χ1) is 10.2. The molecule has 4 nitrogen and oxygen atoms in total. The summed E-state index contributed by atoms with van der Waals surface area (Å²) in [6.07, 6.45) is 0.354. The van der Waals surface area contributed by atoms with Gasteiger partial charge in [-0.25, -0.2) is 0 Å². The molecule has 112 valence electrons. The highest BCUT2D eigenvalue weighted by Crippen LogP contribution is 2.22. The quantitative estimate of drug-likeness (QED) is 0.892. The Morgan fingerprint density at radius 2 is 2.05 bits per heavy atom. The van der Waals surface area contributed by atoms with Gasteiger partial charge in [-0.3, -0.25) is 4.79 Å². The number of ether oxygens (including phenoxy) is 1. The molecule has 1 aromatic carbocycles. The molecule has 0 saturated heterocycles. The Morgan fingerprint density at radius 1 is 1.33 bits per heavy atom. The molecule has 0 aliphatic carbocycles. The van der Waals surface area contributed by atoms with Crippen molar-refractivity contribution in [3.05, 3.63) is 52.2 Å². The molecule has 1 aromatic heterocycles. The van der Waals surface area contributed by atoms with E-state index in [1.807, 2.05) is 41.1 Å². The molecule has 2 aromatic rings. The largest absolute Gasteiger partial charge is 0.497 e. The van der Waals surface area contributed by atoms with Crippen LogP contribution < -0.4 is 4.74 Å². The van der Waals surface area contributed by atoms with Gasteiger partial charge in [0.1, 0.15) is 5.75 Å². The smallest absolute Gasteiger partial charge is 0.227 e. The van der Waals surface area contributed by atoms with E-state index in [1.165, 1.54) is 0 Å². The van der Waals surface area contributed by atoms with Crippen molar-refractivity contribution in [1.82, 2.24) is 4.90 Å². The lowest BCUT2D eigenvalue weighted by Crippen LogP contribution is -2.34. The monoisotopic (exact) mass is 305 g/mol. The summed E-state index contributed by atoms with van der Waals surface area (Å²) in [6.45, 7) is -0.113. The fourth-order valence-electron chi connectivity index (χ4n) is 2.14. The van der Waals surface area contributed by atoms with Gasteiger partial charge in [0.25, 0.3) is 0 Å². The minimum absolute atomic E-state index is 0.0109. The van der Waals surface area contributed by atoms with Crippen LogP contribution in [0.2, 0.25) is 0 Å². The third-order valence-corrected chi connectivity index (χ3v) is 4.20. The number of hydrogen-bond donors (Lipinski definition) is 1. The molecule has 1 atom stereocenters. The third kappa shape index (κ3) is 3.83. The van der Waals surface area contributed by atoms with Crippen molar-refractivity contribution in [2.24, 2.45) is 0 Å². The standard InChI is InChI=1S/C16H19NO3S/c1-17(16(19)9-12-7-8-21-11-12)15(10-18)13-3-5-14(20-2)6-4-13/h3-8,11,15,18H,9-10H2,1-2H3. The van der Waals surface area contributed by atoms with Gasteiger partial charge in [-0.15, -0.1) is 0 Å². The van der Waals surface area contributed by atoms with Crippen molar-refractivity contribution in [2.45, 2.75) is 12.5 Å². The number of rotatable bonds is 6. The number of benzene rings is 1. The average molecular weight is 305 g/mol. The molecule has 0 aliphatic rings. The van der Waals surface area contributed by atoms with E-state index in [0.717, 1.165) is 16.9 Å². The SMILES string of the molecule is COc1ccc(C(CO)N(C)C(=O)Cc2ccsc2)cc1. The second-order valence-corrected chi connectivity index (χ2v) is 5.56. The van der Waals surface area contributed by atoms with Gasteiger partial charge in [-0.2, -0.15) is 11.3 Å². The van der Waals surface area contributed by atoms with E-state index >= 15 is 0 Å². The average Bonchev–Trinajstić information content (AvgIpc) is 3.01. The van der Waals surface area contributed by atoms with Gasteiger partial charge in [-0.1, -0.05) is 12.1 Å². The lowest BCUT2D eigenvalue weighted by molar-refractivity contribution is -0.132. The van der Waals surface area contributed by atoms with Crippen molar-refractivity contribution in [2.75, 3.05) is 20.8 Å². The van der Waals surface area contributed by atoms with Crippen LogP contribution in [0.25, 0.3) is 0 Å². The molecular formula is C16H19NO3S. The number of thiophene rings is 1. The van der Waals surface area contributed by atoms with Crippen molar-refractivity contribution < 1.29 is 14.6 Å². The number of carbonyl (C=O) groups excluding carboxylic acids is 1. The van der Waals surface area contributed by atoms with Crippen LogP contribution >= 0.6 is 11.3 Å². The first-order valence-corrected chi connectivity index (χ1v) is 7.61. The van der Waals surface area contributed by atoms with E-state index in [1.54, 1.807) is 30.4 Å². The van der Waals surface area contributed by atoms with E-state index in [-0.39, 0.29) is 18.6 Å². The summed E-state index contributed by atoms with van der Waals surface area (Å²) >= 11 is 1.57. The number of amides is 1. The summed E-state index contributed by atoms with van der Waals surface area (Å²) < 4.78 is 5.12. The summed E-state index contributed by atoms with van der Waals surface area (Å²) in [4.78, 5) is 13.9. The maximum atomic E-state index is 12.3. The van der Waals surface area contributed by atoms with Crippen LogP contribution in [0.5, 0.6) is 5.75 Å². The highest BCUT2D eigenvalue weighted by Gasteiger charge is 2.21. The van der Waals surface area contributed by atoms with E-state index < -0.39 is 0 Å². The van der Waals surface area contributed by atoms with Crippen molar-refractivity contribution in [1.29, 1.82) is 0 Å². The summed E-state index contributed by atoms with van der Waals surface area (Å²) in [6, 6.07) is 8.99. The number of aliphatic hydroxyl groups is 1. The summed E-state index contributed by atoms with van der Waals surface area (Å²) in [5, 5.41) is 13.5. The fourth-order valence-corrected chi connectivity index (χ4v) is 2.81. The molecule has 1 heterocycles. The van der Waals surface area contributed by atoms with Crippen LogP contribution in [0.3, 0.4) is 0 Å². The number of methoxy groups -OCH3 is 1. The van der Waals surface area contributed by atoms with E-state index in [0.29, 0.717) is 6.42 Å². The molecule has 0 fully saturated rings. The normalized spacial score (nSPS) is 12.0. The van der Waals surface area contributed by atoms with E-state index in [9.17, 15) is 9.90 Å². The summed E-state index contributed by atoms with van der Waals surface area (Å²) in [7, 11) is 3.33. The zero-order valence-corrected chi connectivity index (χ0v) is 13.0. The van der Waals surface area contributed by atoms with Gasteiger partial charge < -0.3 is 14.7 Å². The van der Waals surface area contributed by atoms with E-state index in [2.05, 4.69) is 0 Å². The molecule has 0 spiro atoms. The lowest BCUT2D eigenvalue weighted by Gasteiger charge is -2.27.